The minimum atomic E-state index is -1.31. The Kier molecular flexibility index (Phi) is 13.0. The number of ether oxygens (including phenoxy) is 1. The first-order valence-electron chi connectivity index (χ1n) is 13.5. The molecule has 0 amide bonds. The second-order valence-corrected chi connectivity index (χ2v) is 9.73. The van der Waals surface area contributed by atoms with Gasteiger partial charge in [0, 0.05) is 21.7 Å². The van der Waals surface area contributed by atoms with Crippen LogP contribution in [-0.2, 0) is 10.3 Å². The maximum absolute atomic E-state index is 13.4. The molecule has 0 fully saturated rings. The van der Waals surface area contributed by atoms with E-state index in [9.17, 15) is 9.90 Å². The summed E-state index contributed by atoms with van der Waals surface area (Å²) in [5.74, 6) is -0.693. The van der Waals surface area contributed by atoms with Crippen LogP contribution in [0.25, 0.3) is 0 Å². The van der Waals surface area contributed by atoms with Crippen molar-refractivity contribution >= 4 is 23.3 Å². The summed E-state index contributed by atoms with van der Waals surface area (Å²) in [6.07, 6.45) is 5.83. The molecule has 4 rings (SSSR count). The van der Waals surface area contributed by atoms with Crippen LogP contribution in [0.15, 0.2) is 110 Å². The Bertz CT molecular complexity index is 1350. The lowest BCUT2D eigenvalue weighted by Crippen LogP contribution is -2.35. The normalized spacial score (nSPS) is 11.5. The zero-order valence-electron chi connectivity index (χ0n) is 23.9. The Morgan fingerprint density at radius 2 is 1.48 bits per heavy atom. The molecule has 3 N–H and O–H groups in total. The number of hydrogen-bond donors (Lipinski definition) is 2. The number of phenolic OH excluding ortho intramolecular Hbond substituents is 1. The summed E-state index contributed by atoms with van der Waals surface area (Å²) in [6.45, 7) is 11.7. The number of rotatable bonds is 7. The van der Waals surface area contributed by atoms with Gasteiger partial charge in [0.15, 0.2) is 5.60 Å². The molecule has 0 aliphatic rings. The Morgan fingerprint density at radius 3 is 2.00 bits per heavy atom. The van der Waals surface area contributed by atoms with Crippen molar-refractivity contribution in [2.75, 3.05) is 5.73 Å². The molecule has 0 saturated heterocycles. The highest BCUT2D eigenvalue weighted by Gasteiger charge is 2.42. The summed E-state index contributed by atoms with van der Waals surface area (Å²) in [4.78, 5) is 13.4. The highest BCUT2D eigenvalue weighted by Crippen LogP contribution is 2.44. The number of carbonyl (C=O) groups excluding carboxylic acids is 1. The van der Waals surface area contributed by atoms with Gasteiger partial charge in [0.1, 0.15) is 5.75 Å². The topological polar surface area (TPSA) is 72.5 Å². The molecule has 4 aromatic rings. The van der Waals surface area contributed by atoms with E-state index in [1.165, 1.54) is 37.5 Å². The van der Waals surface area contributed by atoms with Crippen molar-refractivity contribution in [3.8, 4) is 5.75 Å². The fourth-order valence-electron chi connectivity index (χ4n) is 4.09. The maximum atomic E-state index is 13.4. The van der Waals surface area contributed by atoms with Crippen molar-refractivity contribution in [1.82, 2.24) is 0 Å². The van der Waals surface area contributed by atoms with Crippen molar-refractivity contribution in [1.29, 1.82) is 0 Å². The second-order valence-electron chi connectivity index (χ2n) is 9.32. The van der Waals surface area contributed by atoms with E-state index >= 15 is 0 Å². The van der Waals surface area contributed by atoms with Crippen LogP contribution in [0.1, 0.15) is 72.6 Å². The number of nitrogens with two attached hydrogens (primary N) is 1. The van der Waals surface area contributed by atoms with Crippen LogP contribution in [0.2, 0.25) is 5.02 Å². The van der Waals surface area contributed by atoms with Crippen molar-refractivity contribution in [2.24, 2.45) is 0 Å². The number of anilines is 1. The molecule has 0 heterocycles. The van der Waals surface area contributed by atoms with E-state index in [-0.39, 0.29) is 17.0 Å². The average Bonchev–Trinajstić information content (AvgIpc) is 2.96. The third kappa shape index (κ3) is 8.24. The monoisotopic (exact) mass is 557 g/mol. The number of phenols is 1. The summed E-state index contributed by atoms with van der Waals surface area (Å²) in [5.41, 5.74) is 8.04. The predicted molar refractivity (Wildman–Crippen MR) is 168 cm³/mol. The smallest absolute Gasteiger partial charge is 0.339 e. The number of carbonyl (C=O) groups is 1. The Morgan fingerprint density at radius 1 is 0.925 bits per heavy atom. The molecule has 1 atom stereocenters. The molecule has 0 aliphatic carbocycles. The van der Waals surface area contributed by atoms with Crippen LogP contribution < -0.4 is 5.73 Å². The number of allylic oxidation sites excluding steroid dienone is 1. The molecule has 0 bridgehead atoms. The van der Waals surface area contributed by atoms with Crippen molar-refractivity contribution < 1.29 is 14.6 Å². The molecule has 0 aromatic heterocycles. The highest BCUT2D eigenvalue weighted by molar-refractivity contribution is 6.31. The van der Waals surface area contributed by atoms with Gasteiger partial charge in [-0.3, -0.25) is 0 Å². The van der Waals surface area contributed by atoms with E-state index in [0.29, 0.717) is 10.6 Å². The summed E-state index contributed by atoms with van der Waals surface area (Å²) >= 11 is 6.67. The number of aryl methyl sites for hydroxylation is 1. The second kappa shape index (κ2) is 16.2. The summed E-state index contributed by atoms with van der Waals surface area (Å²) in [5, 5.41) is 10.2. The molecular weight excluding hydrogens is 518 g/mol. The lowest BCUT2D eigenvalue weighted by molar-refractivity contribution is 0.0142. The number of benzene rings is 4. The van der Waals surface area contributed by atoms with Gasteiger partial charge >= 0.3 is 5.97 Å². The van der Waals surface area contributed by atoms with Crippen molar-refractivity contribution in [3.63, 3.8) is 0 Å². The van der Waals surface area contributed by atoms with E-state index in [2.05, 4.69) is 20.4 Å². The van der Waals surface area contributed by atoms with E-state index < -0.39 is 11.6 Å². The van der Waals surface area contributed by atoms with Gasteiger partial charge in [0.2, 0.25) is 0 Å². The molecule has 0 radical (unpaired) electrons. The molecule has 40 heavy (non-hydrogen) atoms. The molecule has 0 spiro atoms. The fraction of sp³-hybridized carbons (Fsp3) is 0.229. The van der Waals surface area contributed by atoms with Gasteiger partial charge in [0.05, 0.1) is 11.3 Å². The standard InChI is InChI=1S/C27H22ClNO3.C5H12.C3H6/c1-18-11-14-21(15-12-18)27(20-7-3-2-4-8-20,22-9-5-6-10-23(22)28)32-26(31)19-13-16-25(30)24(29)17-19;1-3-5-4-2;1-3-2/h2-17,30H,29H2,1H3;3-5H2,1-2H3;3H,1H2,2H3. The summed E-state index contributed by atoms with van der Waals surface area (Å²) in [7, 11) is 0. The summed E-state index contributed by atoms with van der Waals surface area (Å²) < 4.78 is 6.34. The molecule has 1 unspecified atom stereocenters. The van der Waals surface area contributed by atoms with Crippen LogP contribution in [0.4, 0.5) is 5.69 Å². The van der Waals surface area contributed by atoms with Gasteiger partial charge in [-0.25, -0.2) is 4.79 Å². The minimum absolute atomic E-state index is 0.0952. The van der Waals surface area contributed by atoms with Gasteiger partial charge in [0.25, 0.3) is 0 Å². The molecule has 4 nitrogen and oxygen atoms in total. The molecule has 0 aliphatic heterocycles. The van der Waals surface area contributed by atoms with Gasteiger partial charge in [-0.05, 0) is 38.1 Å². The van der Waals surface area contributed by atoms with E-state index in [1.54, 1.807) is 12.1 Å². The molecule has 210 valence electrons. The number of esters is 1. The summed E-state index contributed by atoms with van der Waals surface area (Å²) in [6, 6.07) is 28.9. The van der Waals surface area contributed by atoms with E-state index in [0.717, 1.165) is 16.7 Å². The van der Waals surface area contributed by atoms with E-state index in [4.69, 9.17) is 22.1 Å². The molecular formula is C35H40ClNO3. The van der Waals surface area contributed by atoms with Gasteiger partial charge < -0.3 is 15.6 Å². The number of aromatic hydroxyl groups is 1. The van der Waals surface area contributed by atoms with Gasteiger partial charge in [-0.1, -0.05) is 129 Å². The Balaban J connectivity index is 0.000000621. The van der Waals surface area contributed by atoms with Crippen LogP contribution in [0, 0.1) is 6.92 Å². The van der Waals surface area contributed by atoms with E-state index in [1.807, 2.05) is 86.6 Å². The fourth-order valence-corrected chi connectivity index (χ4v) is 4.36. The molecule has 4 aromatic carbocycles. The zero-order valence-corrected chi connectivity index (χ0v) is 24.6. The quantitative estimate of drug-likeness (QED) is 0.0780. The van der Waals surface area contributed by atoms with Crippen LogP contribution in [0.5, 0.6) is 5.75 Å². The minimum Gasteiger partial charge on any atom is -0.506 e. The lowest BCUT2D eigenvalue weighted by Gasteiger charge is -2.36. The highest BCUT2D eigenvalue weighted by atomic mass is 35.5. The first kappa shape index (κ1) is 32.2. The van der Waals surface area contributed by atoms with Crippen LogP contribution >= 0.6 is 11.6 Å². The Hall–Kier alpha value is -4.02. The largest absolute Gasteiger partial charge is 0.506 e. The first-order valence-corrected chi connectivity index (χ1v) is 13.9. The first-order chi connectivity index (χ1) is 19.2. The Labute approximate surface area is 244 Å². The van der Waals surface area contributed by atoms with Crippen molar-refractivity contribution in [3.05, 3.63) is 143 Å². The number of nitrogen functional groups attached to an aromatic ring is 1. The number of halogens is 1. The molecule has 5 heteroatoms. The number of unbranched alkanes of at least 4 members (excludes halogenated alkanes) is 2. The zero-order chi connectivity index (χ0) is 29.5. The third-order valence-electron chi connectivity index (χ3n) is 6.11. The van der Waals surface area contributed by atoms with Crippen molar-refractivity contribution in [2.45, 2.75) is 52.6 Å². The van der Waals surface area contributed by atoms with Gasteiger partial charge in [-0.2, -0.15) is 0 Å². The average molecular weight is 558 g/mol. The lowest BCUT2D eigenvalue weighted by atomic mass is 9.79. The third-order valence-corrected chi connectivity index (χ3v) is 6.44. The SMILES string of the molecule is C=CC.CCCCC.Cc1ccc(C(OC(=O)c2ccc(O)c(N)c2)(c2ccccc2)c2ccccc2Cl)cc1. The number of hydrogen-bond acceptors (Lipinski definition) is 4. The molecule has 0 saturated carbocycles. The van der Waals surface area contributed by atoms with Crippen LogP contribution in [0.3, 0.4) is 0 Å². The van der Waals surface area contributed by atoms with Crippen LogP contribution in [-0.4, -0.2) is 11.1 Å². The maximum Gasteiger partial charge on any atom is 0.339 e. The predicted octanol–water partition coefficient (Wildman–Crippen LogP) is 9.47. The van der Waals surface area contributed by atoms with Gasteiger partial charge in [-0.15, -0.1) is 6.58 Å².